The van der Waals surface area contributed by atoms with Crippen LogP contribution in [0.4, 0.5) is 0 Å². The normalized spacial score (nSPS) is 32.4. The molecule has 2 fully saturated rings. The molecule has 0 bridgehead atoms. The van der Waals surface area contributed by atoms with Gasteiger partial charge in [0.25, 0.3) is 0 Å². The Kier molecular flexibility index (Phi) is 4.58. The minimum absolute atomic E-state index is 0.138. The fraction of sp³-hybridized carbons (Fsp3) is 1.00. The van der Waals surface area contributed by atoms with Gasteiger partial charge in [0.2, 0.25) is 0 Å². The van der Waals surface area contributed by atoms with Crippen molar-refractivity contribution in [1.29, 1.82) is 0 Å². The van der Waals surface area contributed by atoms with Crippen molar-refractivity contribution in [3.05, 3.63) is 0 Å². The second-order valence-electron chi connectivity index (χ2n) is 5.27. The molecule has 16 heavy (non-hydrogen) atoms. The van der Waals surface area contributed by atoms with Gasteiger partial charge >= 0.3 is 0 Å². The van der Waals surface area contributed by atoms with E-state index in [0.717, 1.165) is 45.2 Å². The third-order valence-electron chi connectivity index (χ3n) is 3.64. The number of hydrogen-bond acceptors (Lipinski definition) is 4. The molecule has 0 aromatic rings. The van der Waals surface area contributed by atoms with E-state index in [9.17, 15) is 5.11 Å². The SMILES string of the molecule is CN(CC1CCOCC1)CC1CC(O)CN1. The monoisotopic (exact) mass is 228 g/mol. The van der Waals surface area contributed by atoms with Crippen LogP contribution in [0, 0.1) is 5.92 Å². The molecule has 2 unspecified atom stereocenters. The van der Waals surface area contributed by atoms with Crippen LogP contribution in [0.15, 0.2) is 0 Å². The van der Waals surface area contributed by atoms with Crippen molar-refractivity contribution in [1.82, 2.24) is 10.2 Å². The fourth-order valence-electron chi connectivity index (χ4n) is 2.76. The highest BCUT2D eigenvalue weighted by Crippen LogP contribution is 2.16. The van der Waals surface area contributed by atoms with Gasteiger partial charge in [0.05, 0.1) is 6.10 Å². The second kappa shape index (κ2) is 5.96. The molecule has 0 aromatic carbocycles. The maximum Gasteiger partial charge on any atom is 0.0680 e. The van der Waals surface area contributed by atoms with Crippen LogP contribution >= 0.6 is 0 Å². The summed E-state index contributed by atoms with van der Waals surface area (Å²) < 4.78 is 5.36. The van der Waals surface area contributed by atoms with E-state index in [0.29, 0.717) is 6.04 Å². The fourth-order valence-corrected chi connectivity index (χ4v) is 2.76. The molecular weight excluding hydrogens is 204 g/mol. The minimum atomic E-state index is -0.138. The number of hydrogen-bond donors (Lipinski definition) is 2. The van der Waals surface area contributed by atoms with Crippen LogP contribution in [0.3, 0.4) is 0 Å². The molecule has 2 heterocycles. The van der Waals surface area contributed by atoms with Crippen molar-refractivity contribution in [2.75, 3.05) is 39.9 Å². The lowest BCUT2D eigenvalue weighted by molar-refractivity contribution is 0.0548. The molecule has 2 aliphatic rings. The minimum Gasteiger partial charge on any atom is -0.392 e. The van der Waals surface area contributed by atoms with Crippen molar-refractivity contribution in [3.8, 4) is 0 Å². The average Bonchev–Trinajstić information content (AvgIpc) is 2.65. The van der Waals surface area contributed by atoms with E-state index >= 15 is 0 Å². The molecule has 4 nitrogen and oxygen atoms in total. The van der Waals surface area contributed by atoms with Gasteiger partial charge in [-0.25, -0.2) is 0 Å². The lowest BCUT2D eigenvalue weighted by atomic mass is 9.99. The predicted molar refractivity (Wildman–Crippen MR) is 63.5 cm³/mol. The zero-order valence-electron chi connectivity index (χ0n) is 10.2. The Labute approximate surface area is 98.0 Å². The van der Waals surface area contributed by atoms with Crippen LogP contribution in [0.1, 0.15) is 19.3 Å². The first-order chi connectivity index (χ1) is 7.74. The van der Waals surface area contributed by atoms with Crippen LogP contribution in [-0.2, 0) is 4.74 Å². The molecule has 0 saturated carbocycles. The molecule has 0 radical (unpaired) electrons. The van der Waals surface area contributed by atoms with Gasteiger partial charge in [-0.2, -0.15) is 0 Å². The van der Waals surface area contributed by atoms with E-state index < -0.39 is 0 Å². The third kappa shape index (κ3) is 3.70. The van der Waals surface area contributed by atoms with E-state index in [1.54, 1.807) is 0 Å². The van der Waals surface area contributed by atoms with Crippen LogP contribution in [0.2, 0.25) is 0 Å². The molecule has 2 saturated heterocycles. The summed E-state index contributed by atoms with van der Waals surface area (Å²) in [5, 5.41) is 12.8. The van der Waals surface area contributed by atoms with Gasteiger partial charge in [-0.05, 0) is 32.2 Å². The van der Waals surface area contributed by atoms with Gasteiger partial charge in [0, 0.05) is 38.9 Å². The van der Waals surface area contributed by atoms with Gasteiger partial charge in [-0.1, -0.05) is 0 Å². The topological polar surface area (TPSA) is 44.7 Å². The zero-order chi connectivity index (χ0) is 11.4. The van der Waals surface area contributed by atoms with Gasteiger partial charge in [0.1, 0.15) is 0 Å². The second-order valence-corrected chi connectivity index (χ2v) is 5.27. The summed E-state index contributed by atoms with van der Waals surface area (Å²) >= 11 is 0. The molecule has 0 amide bonds. The number of β-amino-alcohol motifs (C(OH)–C–C–N with tert-alkyl or cyclic N) is 1. The summed E-state index contributed by atoms with van der Waals surface area (Å²) in [6, 6.07) is 0.472. The third-order valence-corrected chi connectivity index (χ3v) is 3.64. The molecular formula is C12H24N2O2. The van der Waals surface area contributed by atoms with E-state index in [4.69, 9.17) is 4.74 Å². The molecule has 2 rings (SSSR count). The number of likely N-dealkylation sites (N-methyl/N-ethyl adjacent to an activating group) is 1. The standard InChI is InChI=1S/C12H24N2O2/c1-14(8-10-2-4-16-5-3-10)9-11-6-12(15)7-13-11/h10-13,15H,2-9H2,1H3. The Morgan fingerprint density at radius 3 is 2.69 bits per heavy atom. The highest BCUT2D eigenvalue weighted by Gasteiger charge is 2.24. The van der Waals surface area contributed by atoms with Crippen LogP contribution < -0.4 is 5.32 Å². The van der Waals surface area contributed by atoms with Gasteiger partial charge in [-0.3, -0.25) is 0 Å². The van der Waals surface area contributed by atoms with Crippen molar-refractivity contribution in [2.45, 2.75) is 31.4 Å². The summed E-state index contributed by atoms with van der Waals surface area (Å²) in [7, 11) is 2.18. The first-order valence-electron chi connectivity index (χ1n) is 6.42. The number of rotatable bonds is 4. The number of ether oxygens (including phenoxy) is 1. The summed E-state index contributed by atoms with van der Waals surface area (Å²) in [5.74, 6) is 0.796. The zero-order valence-corrected chi connectivity index (χ0v) is 10.2. The lowest BCUT2D eigenvalue weighted by Gasteiger charge is -2.28. The molecule has 0 aliphatic carbocycles. The van der Waals surface area contributed by atoms with Gasteiger partial charge in [0.15, 0.2) is 0 Å². The predicted octanol–water partition coefficient (Wildman–Crippen LogP) is 0.0676. The molecule has 0 spiro atoms. The highest BCUT2D eigenvalue weighted by atomic mass is 16.5. The van der Waals surface area contributed by atoms with Crippen LogP contribution in [-0.4, -0.2) is 62.0 Å². The molecule has 4 heteroatoms. The average molecular weight is 228 g/mol. The highest BCUT2D eigenvalue weighted by molar-refractivity contribution is 4.83. The number of nitrogens with one attached hydrogen (secondary N) is 1. The molecule has 2 N–H and O–H groups in total. The first kappa shape index (κ1) is 12.3. The Hall–Kier alpha value is -0.160. The number of aliphatic hydroxyl groups excluding tert-OH is 1. The quantitative estimate of drug-likeness (QED) is 0.714. The van der Waals surface area contributed by atoms with E-state index in [2.05, 4.69) is 17.3 Å². The lowest BCUT2D eigenvalue weighted by Crippen LogP contribution is -2.38. The maximum absolute atomic E-state index is 9.44. The van der Waals surface area contributed by atoms with E-state index in [-0.39, 0.29) is 6.10 Å². The van der Waals surface area contributed by atoms with Crippen molar-refractivity contribution >= 4 is 0 Å². The van der Waals surface area contributed by atoms with E-state index in [1.807, 2.05) is 0 Å². The first-order valence-corrected chi connectivity index (χ1v) is 6.42. The van der Waals surface area contributed by atoms with Crippen LogP contribution in [0.5, 0.6) is 0 Å². The van der Waals surface area contributed by atoms with Crippen molar-refractivity contribution in [2.24, 2.45) is 5.92 Å². The smallest absolute Gasteiger partial charge is 0.0680 e. The molecule has 2 atom stereocenters. The van der Waals surface area contributed by atoms with Gasteiger partial charge < -0.3 is 20.1 Å². The maximum atomic E-state index is 9.44. The summed E-state index contributed by atoms with van der Waals surface area (Å²) in [6.45, 7) is 4.83. The summed E-state index contributed by atoms with van der Waals surface area (Å²) in [4.78, 5) is 2.39. The Morgan fingerprint density at radius 1 is 1.31 bits per heavy atom. The van der Waals surface area contributed by atoms with E-state index in [1.165, 1.54) is 12.8 Å². The van der Waals surface area contributed by atoms with Crippen LogP contribution in [0.25, 0.3) is 0 Å². The molecule has 0 aromatic heterocycles. The summed E-state index contributed by atoms with van der Waals surface area (Å²) in [6.07, 6.45) is 3.16. The number of aliphatic hydroxyl groups is 1. The van der Waals surface area contributed by atoms with Crippen molar-refractivity contribution < 1.29 is 9.84 Å². The van der Waals surface area contributed by atoms with Crippen molar-refractivity contribution in [3.63, 3.8) is 0 Å². The Balaban J connectivity index is 1.65. The number of nitrogens with zero attached hydrogens (tertiary/aromatic N) is 1. The molecule has 94 valence electrons. The molecule has 2 aliphatic heterocycles. The summed E-state index contributed by atoms with van der Waals surface area (Å²) in [5.41, 5.74) is 0. The Bertz CT molecular complexity index is 200. The van der Waals surface area contributed by atoms with Gasteiger partial charge in [-0.15, -0.1) is 0 Å². The largest absolute Gasteiger partial charge is 0.392 e. The Morgan fingerprint density at radius 2 is 2.06 bits per heavy atom.